The highest BCUT2D eigenvalue weighted by atomic mass is 19.1. The number of fused-ring (bicyclic) bond motifs is 1. The fourth-order valence-corrected chi connectivity index (χ4v) is 5.08. The van der Waals surface area contributed by atoms with E-state index in [1.165, 1.54) is 12.1 Å². The summed E-state index contributed by atoms with van der Waals surface area (Å²) in [6.07, 6.45) is 0.939. The molecule has 1 aromatic heterocycles. The molecule has 0 spiro atoms. The first-order valence-corrected chi connectivity index (χ1v) is 13.9. The Morgan fingerprint density at radius 1 is 1.21 bits per heavy atom. The molecule has 2 amide bonds. The van der Waals surface area contributed by atoms with Crippen LogP contribution in [0.3, 0.4) is 0 Å². The topological polar surface area (TPSA) is 97.1 Å². The van der Waals surface area contributed by atoms with Crippen molar-refractivity contribution in [2.24, 2.45) is 11.8 Å². The summed E-state index contributed by atoms with van der Waals surface area (Å²) in [5.41, 5.74) is 0.457. The second-order valence-corrected chi connectivity index (χ2v) is 12.0. The number of nitrogens with zero attached hydrogens (tertiary/aromatic N) is 4. The molecule has 2 aromatic rings. The molecule has 0 aliphatic carbocycles. The number of halogens is 1. The van der Waals surface area contributed by atoms with Crippen LogP contribution in [0, 0.1) is 17.7 Å². The largest absolute Gasteiger partial charge is 0.444 e. The minimum Gasteiger partial charge on any atom is -0.444 e. The third kappa shape index (κ3) is 8.14. The van der Waals surface area contributed by atoms with Crippen LogP contribution in [-0.2, 0) is 16.0 Å². The number of likely N-dealkylation sites (tertiary alicyclic amines) is 1. The molecule has 0 bridgehead atoms. The van der Waals surface area contributed by atoms with E-state index in [-0.39, 0.29) is 29.6 Å². The lowest BCUT2D eigenvalue weighted by Gasteiger charge is -2.44. The first-order valence-electron chi connectivity index (χ1n) is 13.9. The molecular weight excluding hydrogens is 503 g/mol. The summed E-state index contributed by atoms with van der Waals surface area (Å²) in [6.45, 7) is 13.4. The maximum absolute atomic E-state index is 14.3. The standard InChI is InChI=1S/C29H45FN4O5/c1-19(2)16-34(23-14-21(20(3)35)17-32(18-23)28(37)39-29(4,5)6)27(36)26-31-24-11-10-22(30)15-25(24)33(26)12-8-9-13-38-7/h10-11,15,19-21,23,35H,8-9,12-14,16-18H2,1-7H3/t20?,21-,23-/m0/s1. The Morgan fingerprint density at radius 2 is 1.92 bits per heavy atom. The van der Waals surface area contributed by atoms with Gasteiger partial charge >= 0.3 is 6.09 Å². The number of hydrogen-bond donors (Lipinski definition) is 1. The van der Waals surface area contributed by atoms with E-state index in [0.717, 1.165) is 12.8 Å². The van der Waals surface area contributed by atoms with E-state index in [1.54, 1.807) is 34.5 Å². The number of piperidine rings is 1. The maximum Gasteiger partial charge on any atom is 0.410 e. The first-order chi connectivity index (χ1) is 18.3. The van der Waals surface area contributed by atoms with E-state index in [9.17, 15) is 19.1 Å². The van der Waals surface area contributed by atoms with Crippen molar-refractivity contribution in [3.05, 3.63) is 29.8 Å². The fraction of sp³-hybridized carbons (Fsp3) is 0.690. The molecule has 1 fully saturated rings. The number of methoxy groups -OCH3 is 1. The fourth-order valence-electron chi connectivity index (χ4n) is 5.08. The third-order valence-corrected chi connectivity index (χ3v) is 6.94. The van der Waals surface area contributed by atoms with Crippen LogP contribution < -0.4 is 0 Å². The summed E-state index contributed by atoms with van der Waals surface area (Å²) in [5.74, 6) is -0.490. The zero-order valence-electron chi connectivity index (χ0n) is 24.4. The highest BCUT2D eigenvalue weighted by Crippen LogP contribution is 2.28. The van der Waals surface area contributed by atoms with Gasteiger partial charge in [-0.2, -0.15) is 0 Å². The van der Waals surface area contributed by atoms with Gasteiger partial charge in [-0.05, 0) is 71.1 Å². The number of imidazole rings is 1. The zero-order valence-corrected chi connectivity index (χ0v) is 24.4. The van der Waals surface area contributed by atoms with Crippen molar-refractivity contribution in [3.63, 3.8) is 0 Å². The van der Waals surface area contributed by atoms with Crippen LogP contribution in [0.5, 0.6) is 0 Å². The van der Waals surface area contributed by atoms with Gasteiger partial charge in [0.15, 0.2) is 5.82 Å². The molecule has 9 nitrogen and oxygen atoms in total. The Balaban J connectivity index is 1.99. The molecule has 0 saturated carbocycles. The zero-order chi connectivity index (χ0) is 28.9. The lowest BCUT2D eigenvalue weighted by molar-refractivity contribution is -0.0151. The molecule has 0 radical (unpaired) electrons. The number of hydrogen-bond acceptors (Lipinski definition) is 6. The van der Waals surface area contributed by atoms with E-state index < -0.39 is 23.6 Å². The van der Waals surface area contributed by atoms with E-state index in [0.29, 0.717) is 50.2 Å². The van der Waals surface area contributed by atoms with Gasteiger partial charge in [-0.3, -0.25) is 4.79 Å². The van der Waals surface area contributed by atoms with Crippen molar-refractivity contribution >= 4 is 23.0 Å². The molecule has 3 rings (SSSR count). The van der Waals surface area contributed by atoms with Crippen molar-refractivity contribution in [2.45, 2.75) is 85.1 Å². The molecule has 3 atom stereocenters. The molecule has 1 aliphatic rings. The molecule has 1 N–H and O–H groups in total. The van der Waals surface area contributed by atoms with Crippen LogP contribution in [0.2, 0.25) is 0 Å². The van der Waals surface area contributed by atoms with E-state index in [4.69, 9.17) is 9.47 Å². The Kier molecular flexibility index (Phi) is 10.3. The highest BCUT2D eigenvalue weighted by molar-refractivity contribution is 5.95. The van der Waals surface area contributed by atoms with Gasteiger partial charge in [-0.25, -0.2) is 14.2 Å². The number of aromatic nitrogens is 2. The van der Waals surface area contributed by atoms with Crippen molar-refractivity contribution in [1.82, 2.24) is 19.4 Å². The summed E-state index contributed by atoms with van der Waals surface area (Å²) in [7, 11) is 1.64. The predicted octanol–water partition coefficient (Wildman–Crippen LogP) is 4.71. The van der Waals surface area contributed by atoms with Gasteiger partial charge in [0.1, 0.15) is 11.4 Å². The number of benzene rings is 1. The van der Waals surface area contributed by atoms with Crippen LogP contribution in [0.4, 0.5) is 9.18 Å². The van der Waals surface area contributed by atoms with Crippen LogP contribution in [0.25, 0.3) is 11.0 Å². The third-order valence-electron chi connectivity index (χ3n) is 6.94. The average molecular weight is 549 g/mol. The Morgan fingerprint density at radius 3 is 2.54 bits per heavy atom. The lowest BCUT2D eigenvalue weighted by Crippen LogP contribution is -2.57. The number of aliphatic hydroxyl groups excluding tert-OH is 1. The molecule has 1 aliphatic heterocycles. The Labute approximate surface area is 231 Å². The van der Waals surface area contributed by atoms with Crippen molar-refractivity contribution < 1.29 is 28.6 Å². The predicted molar refractivity (Wildman–Crippen MR) is 148 cm³/mol. The van der Waals surface area contributed by atoms with Gasteiger partial charge < -0.3 is 28.9 Å². The molecule has 1 unspecified atom stereocenters. The van der Waals surface area contributed by atoms with Crippen LogP contribution in [-0.4, -0.2) is 87.6 Å². The minimum absolute atomic E-state index is 0.146. The average Bonchev–Trinajstić information content (AvgIpc) is 3.20. The SMILES string of the molecule is COCCCCn1c(C(=O)N(CC(C)C)[C@H]2C[C@H](C(C)O)CN(C(=O)OC(C)(C)C)C2)nc2ccc(F)cc21. The van der Waals surface area contributed by atoms with Gasteiger partial charge in [0.05, 0.1) is 23.2 Å². The highest BCUT2D eigenvalue weighted by Gasteiger charge is 2.39. The number of aryl methyl sites for hydroxylation is 1. The Hall–Kier alpha value is -2.72. The van der Waals surface area contributed by atoms with Crippen LogP contribution in [0.1, 0.15) is 71.4 Å². The van der Waals surface area contributed by atoms with Crippen molar-refractivity contribution in [1.29, 1.82) is 0 Å². The van der Waals surface area contributed by atoms with E-state index >= 15 is 0 Å². The minimum atomic E-state index is -0.666. The summed E-state index contributed by atoms with van der Waals surface area (Å²) in [4.78, 5) is 35.3. The van der Waals surface area contributed by atoms with Crippen molar-refractivity contribution in [3.8, 4) is 0 Å². The molecule has 1 saturated heterocycles. The maximum atomic E-state index is 14.3. The molecule has 39 heavy (non-hydrogen) atoms. The lowest BCUT2D eigenvalue weighted by atomic mass is 9.89. The second kappa shape index (κ2) is 13.1. The second-order valence-electron chi connectivity index (χ2n) is 12.0. The van der Waals surface area contributed by atoms with Gasteiger partial charge in [0.25, 0.3) is 5.91 Å². The summed E-state index contributed by atoms with van der Waals surface area (Å²) in [5, 5.41) is 10.5. The van der Waals surface area contributed by atoms with Crippen molar-refractivity contribution in [2.75, 3.05) is 33.4 Å². The molecular formula is C29H45FN4O5. The monoisotopic (exact) mass is 548 g/mol. The summed E-state index contributed by atoms with van der Waals surface area (Å²) < 4.78 is 26.8. The summed E-state index contributed by atoms with van der Waals surface area (Å²) in [6, 6.07) is 4.00. The molecule has 2 heterocycles. The molecule has 10 heteroatoms. The smallest absolute Gasteiger partial charge is 0.410 e. The van der Waals surface area contributed by atoms with Crippen LogP contribution >= 0.6 is 0 Å². The van der Waals surface area contributed by atoms with Gasteiger partial charge in [0, 0.05) is 45.8 Å². The number of amides is 2. The van der Waals surface area contributed by atoms with Gasteiger partial charge in [-0.15, -0.1) is 0 Å². The molecule has 218 valence electrons. The normalized spacial score (nSPS) is 19.0. The van der Waals surface area contributed by atoms with E-state index in [1.807, 2.05) is 34.6 Å². The number of aliphatic hydroxyl groups is 1. The van der Waals surface area contributed by atoms with Gasteiger partial charge in [0.2, 0.25) is 0 Å². The van der Waals surface area contributed by atoms with Crippen LogP contribution in [0.15, 0.2) is 18.2 Å². The number of unbranched alkanes of at least 4 members (excludes halogenated alkanes) is 1. The van der Waals surface area contributed by atoms with Gasteiger partial charge in [-0.1, -0.05) is 13.8 Å². The van der Waals surface area contributed by atoms with E-state index in [2.05, 4.69) is 4.98 Å². The quantitative estimate of drug-likeness (QED) is 0.432. The number of carbonyl (C=O) groups excluding carboxylic acids is 2. The first kappa shape index (κ1) is 30.8. The Bertz CT molecular complexity index is 1130. The molecule has 1 aromatic carbocycles. The number of rotatable bonds is 10. The summed E-state index contributed by atoms with van der Waals surface area (Å²) >= 11 is 0. The number of carbonyl (C=O) groups is 2. The number of ether oxygens (including phenoxy) is 2.